The summed E-state index contributed by atoms with van der Waals surface area (Å²) < 4.78 is 0. The minimum atomic E-state index is 0.662. The van der Waals surface area contributed by atoms with Crippen molar-refractivity contribution in [1.82, 2.24) is 34.9 Å². The fourth-order valence-electron chi connectivity index (χ4n) is 15.2. The van der Waals surface area contributed by atoms with E-state index in [-0.39, 0.29) is 0 Å². The van der Waals surface area contributed by atoms with Crippen LogP contribution in [0.2, 0.25) is 0 Å². The molecule has 0 N–H and O–H groups in total. The van der Waals surface area contributed by atoms with Crippen LogP contribution in [0.3, 0.4) is 0 Å². The van der Waals surface area contributed by atoms with E-state index < -0.39 is 0 Å². The molecule has 5 heterocycles. The lowest BCUT2D eigenvalue weighted by Gasteiger charge is -2.14. The highest BCUT2D eigenvalue weighted by atomic mass is 14.9. The molecular weight excluding hydrogens is 1410 g/mol. The Bertz CT molecular complexity index is 6710. The fraction of sp³-hybridized carbons (Fsp3) is 0. The SMILES string of the molecule is c1ccc(-c2ccc(-c3ccc4nc(-c5ccc(-c6ccccc6)cc5)cc(-c5ccc(-c6cc(-c7ccccc7)nc(-c7ccccc7)n6)nc5)c4c3)cc2)cc1.c1ccc(-c2ccc(-c3ccc4nc(-c5ccc(-c6ccccc6)cc5)cc(-c5cccc(-c6cc(-c7ccccc7)nc(-c7ccccc7)n6)c5)c4c3)cc2)cc1. The third-order valence-electron chi connectivity index (χ3n) is 21.3. The summed E-state index contributed by atoms with van der Waals surface area (Å²) in [7, 11) is 0. The van der Waals surface area contributed by atoms with E-state index in [1.54, 1.807) is 0 Å². The lowest BCUT2D eigenvalue weighted by Crippen LogP contribution is -1.97. The van der Waals surface area contributed by atoms with Crippen molar-refractivity contribution in [2.45, 2.75) is 0 Å². The van der Waals surface area contributed by atoms with Gasteiger partial charge in [0.25, 0.3) is 0 Å². The highest BCUT2D eigenvalue weighted by molar-refractivity contribution is 6.01. The van der Waals surface area contributed by atoms with Gasteiger partial charge in [-0.25, -0.2) is 29.9 Å². The van der Waals surface area contributed by atoms with Crippen LogP contribution in [0.5, 0.6) is 0 Å². The van der Waals surface area contributed by atoms with Crippen LogP contribution in [-0.4, -0.2) is 34.9 Å². The minimum absolute atomic E-state index is 0.662. The highest BCUT2D eigenvalue weighted by Gasteiger charge is 2.19. The van der Waals surface area contributed by atoms with Crippen LogP contribution >= 0.6 is 0 Å². The second-order valence-electron chi connectivity index (χ2n) is 28.7. The standard InChI is InChI=1S/C55H37N3.C54H36N4/c1-5-14-38(15-6-1)40-24-26-42(27-25-40)46-32-33-51-50(35-46)49(36-52(56-51)44-30-28-41(29-31-44)39-16-7-2-8-17-39)47-22-13-23-48(34-47)54-37-53(43-18-9-3-10-19-43)57-55(58-54)45-20-11-4-12-21-45;1-5-13-37(14-6-1)39-21-23-41(24-22-39)45-29-31-49-48(33-45)47(34-51(56-49)43-27-25-40(26-28-43)38-15-7-2-8-16-38)46-30-32-50(55-36-46)53-35-52(42-17-9-3-10-18-42)57-54(58-53)44-19-11-4-12-20-44/h1-37H;1-36H. The zero-order valence-electron chi connectivity index (χ0n) is 63.3. The van der Waals surface area contributed by atoms with Gasteiger partial charge in [0.15, 0.2) is 11.6 Å². The summed E-state index contributed by atoms with van der Waals surface area (Å²) in [6, 6.07) is 152. The van der Waals surface area contributed by atoms with Gasteiger partial charge < -0.3 is 0 Å². The number of hydrogen-bond donors (Lipinski definition) is 0. The van der Waals surface area contributed by atoms with Gasteiger partial charge in [0.05, 0.1) is 50.9 Å². The van der Waals surface area contributed by atoms with Crippen LogP contribution in [0.15, 0.2) is 443 Å². The molecule has 544 valence electrons. The maximum absolute atomic E-state index is 5.27. The second-order valence-corrected chi connectivity index (χ2v) is 28.7. The Balaban J connectivity index is 0.000000155. The molecule has 20 aromatic rings. The molecule has 20 rings (SSSR count). The number of aromatic nitrogens is 7. The van der Waals surface area contributed by atoms with Gasteiger partial charge in [0.1, 0.15) is 0 Å². The van der Waals surface area contributed by atoms with Crippen LogP contribution in [0.25, 0.3) is 201 Å². The zero-order chi connectivity index (χ0) is 77.4. The Morgan fingerprint density at radius 2 is 0.379 bits per heavy atom. The van der Waals surface area contributed by atoms with E-state index in [1.165, 1.54) is 44.5 Å². The molecule has 0 fully saturated rings. The number of pyridine rings is 3. The van der Waals surface area contributed by atoms with Crippen LogP contribution in [0, 0.1) is 0 Å². The van der Waals surface area contributed by atoms with E-state index in [4.69, 9.17) is 34.9 Å². The molecular formula is C109H73N7. The third-order valence-corrected chi connectivity index (χ3v) is 21.3. The number of benzene rings is 15. The van der Waals surface area contributed by atoms with Crippen molar-refractivity contribution in [3.8, 4) is 179 Å². The number of nitrogens with zero attached hydrogens (tertiary/aromatic N) is 7. The van der Waals surface area contributed by atoms with Gasteiger partial charge in [0.2, 0.25) is 0 Å². The van der Waals surface area contributed by atoms with E-state index in [0.717, 1.165) is 145 Å². The second kappa shape index (κ2) is 32.4. The zero-order valence-corrected chi connectivity index (χ0v) is 63.3. The van der Waals surface area contributed by atoms with Crippen molar-refractivity contribution in [2.75, 3.05) is 0 Å². The summed E-state index contributed by atoms with van der Waals surface area (Å²) in [4.78, 5) is 35.7. The Morgan fingerprint density at radius 3 is 0.741 bits per heavy atom. The van der Waals surface area contributed by atoms with Crippen molar-refractivity contribution in [1.29, 1.82) is 0 Å². The van der Waals surface area contributed by atoms with E-state index in [2.05, 4.69) is 328 Å². The maximum atomic E-state index is 5.27. The summed E-state index contributed by atoms with van der Waals surface area (Å²) in [5.74, 6) is 1.36. The van der Waals surface area contributed by atoms with Gasteiger partial charge in [0, 0.05) is 61.5 Å². The summed E-state index contributed by atoms with van der Waals surface area (Å²) in [5, 5.41) is 2.15. The highest BCUT2D eigenvalue weighted by Crippen LogP contribution is 2.41. The topological polar surface area (TPSA) is 90.2 Å². The summed E-state index contributed by atoms with van der Waals surface area (Å²) in [6.07, 6.45) is 1.96. The molecule has 0 aliphatic carbocycles. The van der Waals surface area contributed by atoms with E-state index in [0.29, 0.717) is 11.6 Å². The fourth-order valence-corrected chi connectivity index (χ4v) is 15.2. The van der Waals surface area contributed by atoms with Gasteiger partial charge >= 0.3 is 0 Å². The van der Waals surface area contributed by atoms with Crippen molar-refractivity contribution in [3.05, 3.63) is 443 Å². The van der Waals surface area contributed by atoms with E-state index in [9.17, 15) is 0 Å². The van der Waals surface area contributed by atoms with Crippen LogP contribution in [0.1, 0.15) is 0 Å². The van der Waals surface area contributed by atoms with Crippen LogP contribution in [0.4, 0.5) is 0 Å². The molecule has 0 unspecified atom stereocenters. The molecule has 0 amide bonds. The first-order chi connectivity index (χ1) is 57.4. The maximum Gasteiger partial charge on any atom is 0.160 e. The summed E-state index contributed by atoms with van der Waals surface area (Å²) >= 11 is 0. The average molecular weight is 1480 g/mol. The van der Waals surface area contributed by atoms with E-state index >= 15 is 0 Å². The Morgan fingerprint density at radius 1 is 0.129 bits per heavy atom. The molecule has 0 aliphatic rings. The molecule has 0 saturated carbocycles. The first-order valence-corrected chi connectivity index (χ1v) is 39.0. The van der Waals surface area contributed by atoms with Crippen LogP contribution in [-0.2, 0) is 0 Å². The molecule has 116 heavy (non-hydrogen) atoms. The predicted molar refractivity (Wildman–Crippen MR) is 479 cm³/mol. The molecule has 0 bridgehead atoms. The largest absolute Gasteiger partial charge is 0.254 e. The first kappa shape index (κ1) is 70.8. The molecule has 0 radical (unpaired) electrons. The average Bonchev–Trinajstić information content (AvgIpc) is 0.760. The van der Waals surface area contributed by atoms with E-state index in [1.807, 2.05) is 115 Å². The number of hydrogen-bond acceptors (Lipinski definition) is 7. The molecule has 5 aromatic heterocycles. The summed E-state index contributed by atoms with van der Waals surface area (Å²) in [6.45, 7) is 0. The monoisotopic (exact) mass is 1480 g/mol. The lowest BCUT2D eigenvalue weighted by atomic mass is 9.93. The molecule has 0 atom stereocenters. The van der Waals surface area contributed by atoms with Gasteiger partial charge in [-0.3, -0.25) is 4.98 Å². The number of rotatable bonds is 16. The normalized spacial score (nSPS) is 11.1. The Labute approximate surface area is 674 Å². The quantitative estimate of drug-likeness (QED) is 0.0952. The van der Waals surface area contributed by atoms with Gasteiger partial charge in [-0.15, -0.1) is 0 Å². The smallest absolute Gasteiger partial charge is 0.160 e. The Kier molecular flexibility index (Phi) is 19.8. The molecule has 0 spiro atoms. The van der Waals surface area contributed by atoms with Crippen molar-refractivity contribution in [3.63, 3.8) is 0 Å². The van der Waals surface area contributed by atoms with Crippen molar-refractivity contribution < 1.29 is 0 Å². The predicted octanol–water partition coefficient (Wildman–Crippen LogP) is 28.1. The van der Waals surface area contributed by atoms with Crippen molar-refractivity contribution >= 4 is 21.8 Å². The van der Waals surface area contributed by atoms with Crippen molar-refractivity contribution in [2.24, 2.45) is 0 Å². The molecule has 7 heteroatoms. The summed E-state index contributed by atoms with van der Waals surface area (Å²) in [5.41, 5.74) is 33.3. The molecule has 7 nitrogen and oxygen atoms in total. The third kappa shape index (κ3) is 15.4. The van der Waals surface area contributed by atoms with Gasteiger partial charge in [-0.05, 0) is 144 Å². The van der Waals surface area contributed by atoms with Gasteiger partial charge in [-0.1, -0.05) is 376 Å². The van der Waals surface area contributed by atoms with Crippen LogP contribution < -0.4 is 0 Å². The number of fused-ring (bicyclic) bond motifs is 2. The molecule has 0 aliphatic heterocycles. The Hall–Kier alpha value is -15.6. The molecule has 0 saturated heterocycles. The minimum Gasteiger partial charge on any atom is -0.254 e. The lowest BCUT2D eigenvalue weighted by molar-refractivity contribution is 1.16. The first-order valence-electron chi connectivity index (χ1n) is 39.0. The molecule has 15 aromatic carbocycles. The van der Waals surface area contributed by atoms with Gasteiger partial charge in [-0.2, -0.15) is 0 Å².